The summed E-state index contributed by atoms with van der Waals surface area (Å²) in [6.45, 7) is 0.225. The van der Waals surface area contributed by atoms with Gasteiger partial charge >= 0.3 is 0 Å². The minimum atomic E-state index is -0.320. The lowest BCUT2D eigenvalue weighted by Crippen LogP contribution is -2.38. The average molecular weight is 493 g/mol. The maximum Gasteiger partial charge on any atom is 0.265 e. The topological polar surface area (TPSA) is 158 Å². The Morgan fingerprint density at radius 3 is 2.24 bits per heavy atom. The van der Waals surface area contributed by atoms with Gasteiger partial charge in [-0.15, -0.1) is 0 Å². The Labute approximate surface area is 212 Å². The Balaban J connectivity index is 1.36. The van der Waals surface area contributed by atoms with Crippen molar-refractivity contribution in [3.63, 3.8) is 0 Å². The van der Waals surface area contributed by atoms with E-state index < -0.39 is 0 Å². The maximum absolute atomic E-state index is 12.8. The highest BCUT2D eigenvalue weighted by atomic mass is 16.5. The number of rotatable bonds is 6. The fraction of sp³-hybridized carbons (Fsp3) is 0.0714. The van der Waals surface area contributed by atoms with Gasteiger partial charge in [-0.2, -0.15) is 0 Å². The normalized spacial score (nSPS) is 12.5. The van der Waals surface area contributed by atoms with Crippen molar-refractivity contribution in [2.45, 2.75) is 6.54 Å². The Kier molecular flexibility index (Phi) is 6.02. The summed E-state index contributed by atoms with van der Waals surface area (Å²) in [4.78, 5) is 27.1. The molecule has 184 valence electrons. The molecule has 0 fully saturated rings. The van der Waals surface area contributed by atoms with Crippen LogP contribution in [-0.4, -0.2) is 30.1 Å². The zero-order chi connectivity index (χ0) is 26.1. The van der Waals surface area contributed by atoms with E-state index in [-0.39, 0.29) is 30.1 Å². The molecule has 2 amide bonds. The molecule has 4 aromatic carbocycles. The molecule has 0 unspecified atom stereocenters. The summed E-state index contributed by atoms with van der Waals surface area (Å²) >= 11 is 0. The van der Waals surface area contributed by atoms with Gasteiger partial charge in [0.25, 0.3) is 11.8 Å². The molecule has 0 bridgehead atoms. The van der Waals surface area contributed by atoms with E-state index in [1.165, 1.54) is 0 Å². The number of hydrogen-bond donors (Lipinski definition) is 5. The SMILES string of the molecule is N=C(N)c1ccc(C(=O)Nc2ccc3c(c2)OCC(=O)N3Cc2ccc3ccc(C(=N)N)cc3c2)cc1. The van der Waals surface area contributed by atoms with Crippen molar-refractivity contribution < 1.29 is 14.3 Å². The minimum Gasteiger partial charge on any atom is -0.481 e. The average Bonchev–Trinajstić information content (AvgIpc) is 2.89. The highest BCUT2D eigenvalue weighted by Crippen LogP contribution is 2.36. The molecule has 0 saturated carbocycles. The third-order valence-electron chi connectivity index (χ3n) is 6.18. The molecule has 7 N–H and O–H groups in total. The van der Waals surface area contributed by atoms with E-state index in [2.05, 4.69) is 5.32 Å². The first-order chi connectivity index (χ1) is 17.8. The van der Waals surface area contributed by atoms with Crippen LogP contribution in [0.25, 0.3) is 10.8 Å². The van der Waals surface area contributed by atoms with Crippen LogP contribution in [-0.2, 0) is 11.3 Å². The van der Waals surface area contributed by atoms with Gasteiger partial charge in [-0.25, -0.2) is 0 Å². The summed E-state index contributed by atoms with van der Waals surface area (Å²) in [5, 5.41) is 19.9. The minimum absolute atomic E-state index is 0.000517. The van der Waals surface area contributed by atoms with Crippen molar-refractivity contribution in [1.82, 2.24) is 0 Å². The second-order valence-corrected chi connectivity index (χ2v) is 8.71. The first-order valence-corrected chi connectivity index (χ1v) is 11.5. The molecule has 0 atom stereocenters. The van der Waals surface area contributed by atoms with Gasteiger partial charge in [0.2, 0.25) is 0 Å². The van der Waals surface area contributed by atoms with Crippen LogP contribution in [0, 0.1) is 10.8 Å². The predicted molar refractivity (Wildman–Crippen MR) is 144 cm³/mol. The third kappa shape index (κ3) is 4.83. The summed E-state index contributed by atoms with van der Waals surface area (Å²) in [6.07, 6.45) is 0. The lowest BCUT2D eigenvalue weighted by Gasteiger charge is -2.30. The Hall–Kier alpha value is -5.18. The van der Waals surface area contributed by atoms with E-state index in [0.29, 0.717) is 40.4 Å². The fourth-order valence-electron chi connectivity index (χ4n) is 4.20. The largest absolute Gasteiger partial charge is 0.481 e. The number of amides is 2. The van der Waals surface area contributed by atoms with E-state index >= 15 is 0 Å². The second-order valence-electron chi connectivity index (χ2n) is 8.71. The molecule has 37 heavy (non-hydrogen) atoms. The van der Waals surface area contributed by atoms with Gasteiger partial charge in [-0.1, -0.05) is 36.4 Å². The summed E-state index contributed by atoms with van der Waals surface area (Å²) in [5.41, 5.74) is 14.7. The van der Waals surface area contributed by atoms with Gasteiger partial charge in [0.05, 0.1) is 12.2 Å². The number of ether oxygens (including phenoxy) is 1. The predicted octanol–water partition coefficient (Wildman–Crippen LogP) is 3.59. The molecule has 9 nitrogen and oxygen atoms in total. The number of amidine groups is 2. The van der Waals surface area contributed by atoms with Crippen LogP contribution in [0.2, 0.25) is 0 Å². The van der Waals surface area contributed by atoms with E-state index in [1.54, 1.807) is 47.4 Å². The molecule has 1 heterocycles. The molecule has 0 spiro atoms. The first kappa shape index (κ1) is 23.6. The molecule has 4 aromatic rings. The molecule has 1 aliphatic rings. The van der Waals surface area contributed by atoms with E-state index in [0.717, 1.165) is 16.3 Å². The molecule has 5 rings (SSSR count). The van der Waals surface area contributed by atoms with Crippen molar-refractivity contribution in [3.05, 3.63) is 101 Å². The molecule has 0 radical (unpaired) electrons. The van der Waals surface area contributed by atoms with Crippen LogP contribution < -0.4 is 26.4 Å². The number of nitrogen functional groups attached to an aromatic ring is 2. The summed E-state index contributed by atoms with van der Waals surface area (Å²) in [6, 6.07) is 23.1. The third-order valence-corrected chi connectivity index (χ3v) is 6.18. The smallest absolute Gasteiger partial charge is 0.265 e. The van der Waals surface area contributed by atoms with Crippen molar-refractivity contribution in [1.29, 1.82) is 10.8 Å². The highest BCUT2D eigenvalue weighted by molar-refractivity contribution is 6.06. The van der Waals surface area contributed by atoms with Gasteiger partial charge in [0, 0.05) is 28.4 Å². The number of fused-ring (bicyclic) bond motifs is 2. The fourth-order valence-corrected chi connectivity index (χ4v) is 4.20. The van der Waals surface area contributed by atoms with Crippen molar-refractivity contribution in [2.75, 3.05) is 16.8 Å². The number of hydrogen-bond acceptors (Lipinski definition) is 5. The lowest BCUT2D eigenvalue weighted by atomic mass is 10.0. The first-order valence-electron chi connectivity index (χ1n) is 11.5. The van der Waals surface area contributed by atoms with Gasteiger partial charge in [-0.3, -0.25) is 20.4 Å². The zero-order valence-corrected chi connectivity index (χ0v) is 19.7. The molecule has 9 heteroatoms. The number of nitrogens with two attached hydrogens (primary N) is 2. The number of nitrogens with zero attached hydrogens (tertiary/aromatic N) is 1. The molecular weight excluding hydrogens is 468 g/mol. The van der Waals surface area contributed by atoms with Crippen LogP contribution in [0.3, 0.4) is 0 Å². The van der Waals surface area contributed by atoms with Crippen LogP contribution >= 0.6 is 0 Å². The van der Waals surface area contributed by atoms with Crippen LogP contribution in [0.5, 0.6) is 5.75 Å². The maximum atomic E-state index is 12.8. The number of nitrogens with one attached hydrogen (secondary N) is 3. The second kappa shape index (κ2) is 9.46. The van der Waals surface area contributed by atoms with Crippen LogP contribution in [0.15, 0.2) is 78.9 Å². The van der Waals surface area contributed by atoms with Gasteiger partial charge in [0.1, 0.15) is 17.4 Å². The summed E-state index contributed by atoms with van der Waals surface area (Å²) in [5.74, 6) is -0.0701. The van der Waals surface area contributed by atoms with Crippen molar-refractivity contribution >= 4 is 45.6 Å². The summed E-state index contributed by atoms with van der Waals surface area (Å²) in [7, 11) is 0. The van der Waals surface area contributed by atoms with Gasteiger partial charge in [0.15, 0.2) is 6.61 Å². The Morgan fingerprint density at radius 1 is 0.838 bits per heavy atom. The monoisotopic (exact) mass is 492 g/mol. The molecular formula is C28H24N6O3. The zero-order valence-electron chi connectivity index (χ0n) is 19.7. The Bertz CT molecular complexity index is 1580. The van der Waals surface area contributed by atoms with Crippen molar-refractivity contribution in [3.8, 4) is 5.75 Å². The van der Waals surface area contributed by atoms with Crippen molar-refractivity contribution in [2.24, 2.45) is 11.5 Å². The molecule has 0 aromatic heterocycles. The van der Waals surface area contributed by atoms with E-state index in [4.69, 9.17) is 27.0 Å². The van der Waals surface area contributed by atoms with Gasteiger partial charge < -0.3 is 26.4 Å². The number of carbonyl (C=O) groups is 2. The molecule has 0 saturated heterocycles. The van der Waals surface area contributed by atoms with Crippen LogP contribution in [0.1, 0.15) is 27.0 Å². The summed E-state index contributed by atoms with van der Waals surface area (Å²) < 4.78 is 5.67. The molecule has 0 aliphatic carbocycles. The highest BCUT2D eigenvalue weighted by Gasteiger charge is 2.26. The standard InChI is InChI=1S/C28H24N6O3/c29-26(30)18-4-6-19(7-5-18)28(36)33-22-9-10-23-24(13-22)37-15-25(35)34(23)14-16-1-2-17-3-8-20(27(31)32)12-21(17)11-16/h1-13H,14-15H2,(H3,29,30)(H3,31,32)(H,33,36). The Morgan fingerprint density at radius 2 is 1.51 bits per heavy atom. The number of anilines is 2. The van der Waals surface area contributed by atoms with E-state index in [9.17, 15) is 9.59 Å². The lowest BCUT2D eigenvalue weighted by molar-refractivity contribution is -0.121. The molecule has 1 aliphatic heterocycles. The number of benzene rings is 4. The number of carbonyl (C=O) groups excluding carboxylic acids is 2. The quantitative estimate of drug-likeness (QED) is 0.205. The van der Waals surface area contributed by atoms with Crippen LogP contribution in [0.4, 0.5) is 11.4 Å². The van der Waals surface area contributed by atoms with E-state index in [1.807, 2.05) is 36.4 Å². The van der Waals surface area contributed by atoms with Gasteiger partial charge in [-0.05, 0) is 52.7 Å².